The van der Waals surface area contributed by atoms with Gasteiger partial charge >= 0.3 is 0 Å². The second kappa shape index (κ2) is 15.4. The van der Waals surface area contributed by atoms with Gasteiger partial charge in [-0.1, -0.05) is 51.8 Å². The quantitative estimate of drug-likeness (QED) is 0.324. The summed E-state index contributed by atoms with van der Waals surface area (Å²) >= 11 is 1.46. The molecule has 7 nitrogen and oxygen atoms in total. The number of unbranched alkanes of at least 4 members (excludes halogenated alkanes) is 1. The topological polar surface area (TPSA) is 97.6 Å². The highest BCUT2D eigenvalue weighted by atomic mass is 32.2. The van der Waals surface area contributed by atoms with Crippen LogP contribution in [0.1, 0.15) is 64.7 Å². The van der Waals surface area contributed by atoms with Gasteiger partial charge in [0, 0.05) is 0 Å². The second-order valence-corrected chi connectivity index (χ2v) is 10.4. The number of benzene rings is 1. The van der Waals surface area contributed by atoms with Gasteiger partial charge in [0.15, 0.2) is 11.9 Å². The van der Waals surface area contributed by atoms with E-state index in [1.165, 1.54) is 11.8 Å². The summed E-state index contributed by atoms with van der Waals surface area (Å²) in [5.41, 5.74) is 0.927. The Balaban J connectivity index is 2.00. The number of thioether (sulfide) groups is 1. The van der Waals surface area contributed by atoms with Crippen molar-refractivity contribution in [3.05, 3.63) is 54.0 Å². The van der Waals surface area contributed by atoms with Crippen molar-refractivity contribution in [3.63, 3.8) is 0 Å². The number of nitrogens with one attached hydrogen (secondary N) is 2. The molecule has 2 amide bonds. The molecule has 0 aliphatic rings. The maximum Gasteiger partial charge on any atom is 0.261 e. The van der Waals surface area contributed by atoms with Crippen LogP contribution in [-0.4, -0.2) is 41.5 Å². The Labute approximate surface area is 219 Å². The summed E-state index contributed by atoms with van der Waals surface area (Å²) in [6.07, 6.45) is 3.59. The van der Waals surface area contributed by atoms with Gasteiger partial charge in [-0.25, -0.2) is 0 Å². The molecule has 0 aliphatic carbocycles. The molecule has 0 fully saturated rings. The molecule has 198 valence electrons. The van der Waals surface area contributed by atoms with Crippen molar-refractivity contribution in [1.82, 2.24) is 10.6 Å². The molecular formula is C28H40N2O5S. The van der Waals surface area contributed by atoms with Gasteiger partial charge in [0.2, 0.25) is 5.91 Å². The zero-order valence-electron chi connectivity index (χ0n) is 22.0. The van der Waals surface area contributed by atoms with E-state index in [2.05, 4.69) is 10.6 Å². The number of furan rings is 1. The number of rotatable bonds is 16. The third-order valence-electron chi connectivity index (χ3n) is 5.73. The summed E-state index contributed by atoms with van der Waals surface area (Å²) < 4.78 is 11.2. The smallest absolute Gasteiger partial charge is 0.261 e. The number of carbonyl (C=O) groups is 3. The van der Waals surface area contributed by atoms with Gasteiger partial charge in [0.25, 0.3) is 5.91 Å². The van der Waals surface area contributed by atoms with E-state index in [0.717, 1.165) is 24.2 Å². The van der Waals surface area contributed by atoms with Crippen LogP contribution in [0.15, 0.2) is 47.1 Å². The van der Waals surface area contributed by atoms with Crippen LogP contribution in [0.4, 0.5) is 0 Å². The summed E-state index contributed by atoms with van der Waals surface area (Å²) in [6, 6.07) is 9.82. The summed E-state index contributed by atoms with van der Waals surface area (Å²) in [5.74, 6) is 1.73. The second-order valence-electron chi connectivity index (χ2n) is 9.46. The minimum Gasteiger partial charge on any atom is -0.481 e. The van der Waals surface area contributed by atoms with Crippen molar-refractivity contribution >= 4 is 29.4 Å². The summed E-state index contributed by atoms with van der Waals surface area (Å²) in [4.78, 5) is 39.1. The number of hydrogen-bond acceptors (Lipinski definition) is 6. The highest BCUT2D eigenvalue weighted by Gasteiger charge is 2.29. The number of ether oxygens (including phenoxy) is 1. The molecule has 0 saturated heterocycles. The predicted octanol–water partition coefficient (Wildman–Crippen LogP) is 5.06. The van der Waals surface area contributed by atoms with E-state index >= 15 is 0 Å². The van der Waals surface area contributed by atoms with Gasteiger partial charge in [-0.05, 0) is 56.4 Å². The largest absolute Gasteiger partial charge is 0.481 e. The molecule has 2 aromatic rings. The van der Waals surface area contributed by atoms with Gasteiger partial charge in [-0.3, -0.25) is 14.4 Å². The zero-order chi connectivity index (χ0) is 26.5. The third kappa shape index (κ3) is 10.1. The van der Waals surface area contributed by atoms with Crippen LogP contribution in [0.5, 0.6) is 5.75 Å². The van der Waals surface area contributed by atoms with Gasteiger partial charge < -0.3 is 19.8 Å². The molecule has 1 aromatic carbocycles. The molecule has 36 heavy (non-hydrogen) atoms. The van der Waals surface area contributed by atoms with Crippen molar-refractivity contribution in [1.29, 1.82) is 0 Å². The predicted molar refractivity (Wildman–Crippen MR) is 144 cm³/mol. The first-order chi connectivity index (χ1) is 17.2. The van der Waals surface area contributed by atoms with Gasteiger partial charge in [0.05, 0.1) is 23.8 Å². The summed E-state index contributed by atoms with van der Waals surface area (Å²) in [5, 5.41) is 5.77. The molecule has 0 aliphatic heterocycles. The van der Waals surface area contributed by atoms with Crippen LogP contribution in [0.3, 0.4) is 0 Å². The number of aryl methyl sites for hydroxylation is 1. The molecule has 3 atom stereocenters. The molecule has 0 spiro atoms. The first-order valence-corrected chi connectivity index (χ1v) is 13.8. The Bertz CT molecular complexity index is 961. The fourth-order valence-electron chi connectivity index (χ4n) is 3.67. The number of carbonyl (C=O) groups excluding carboxylic acids is 3. The van der Waals surface area contributed by atoms with E-state index in [-0.39, 0.29) is 29.3 Å². The molecule has 1 heterocycles. The van der Waals surface area contributed by atoms with Crippen LogP contribution < -0.4 is 15.4 Å². The van der Waals surface area contributed by atoms with Crippen LogP contribution >= 0.6 is 11.8 Å². The molecule has 0 radical (unpaired) electrons. The van der Waals surface area contributed by atoms with Crippen molar-refractivity contribution in [2.24, 2.45) is 5.92 Å². The fraction of sp³-hybridized carbons (Fsp3) is 0.536. The number of Topliss-reactive ketones (excluding diaryl/α,β-unsaturated/α-hetero) is 1. The van der Waals surface area contributed by atoms with Crippen molar-refractivity contribution in [2.75, 3.05) is 5.75 Å². The van der Waals surface area contributed by atoms with Crippen LogP contribution in [0.2, 0.25) is 0 Å². The monoisotopic (exact) mass is 516 g/mol. The minimum absolute atomic E-state index is 0.0285. The van der Waals surface area contributed by atoms with E-state index in [4.69, 9.17) is 9.15 Å². The summed E-state index contributed by atoms with van der Waals surface area (Å²) in [7, 11) is 0. The number of hydrogen-bond donors (Lipinski definition) is 2. The molecule has 0 bridgehead atoms. The van der Waals surface area contributed by atoms with Gasteiger partial charge in [-0.2, -0.15) is 0 Å². The molecule has 2 rings (SSSR count). The van der Waals surface area contributed by atoms with Gasteiger partial charge in [-0.15, -0.1) is 11.8 Å². The highest BCUT2D eigenvalue weighted by molar-refractivity contribution is 7.99. The minimum atomic E-state index is -0.774. The SMILES string of the molecule is CCCC[C@H](NC(=O)[C@H](CC(C)C)NC(=O)C(C)Oc1ccccc1C)C(=O)CSCc1ccco1. The highest BCUT2D eigenvalue weighted by Crippen LogP contribution is 2.18. The third-order valence-corrected chi connectivity index (χ3v) is 6.70. The van der Waals surface area contributed by atoms with Crippen molar-refractivity contribution in [3.8, 4) is 5.75 Å². The fourth-order valence-corrected chi connectivity index (χ4v) is 4.54. The summed E-state index contributed by atoms with van der Waals surface area (Å²) in [6.45, 7) is 9.60. The lowest BCUT2D eigenvalue weighted by molar-refractivity contribution is -0.134. The Kier molecular flexibility index (Phi) is 12.6. The van der Waals surface area contributed by atoms with Crippen LogP contribution in [-0.2, 0) is 20.1 Å². The molecule has 1 unspecified atom stereocenters. The lowest BCUT2D eigenvalue weighted by atomic mass is 10.0. The first-order valence-electron chi connectivity index (χ1n) is 12.7. The normalized spacial score (nSPS) is 13.6. The Morgan fingerprint density at radius 2 is 1.72 bits per heavy atom. The maximum absolute atomic E-state index is 13.2. The Morgan fingerprint density at radius 3 is 2.36 bits per heavy atom. The van der Waals surface area contributed by atoms with Crippen LogP contribution in [0, 0.1) is 12.8 Å². The van der Waals surface area contributed by atoms with Gasteiger partial charge in [0.1, 0.15) is 17.6 Å². The zero-order valence-corrected chi connectivity index (χ0v) is 22.9. The maximum atomic E-state index is 13.2. The van der Waals surface area contributed by atoms with Crippen molar-refractivity contribution < 1.29 is 23.5 Å². The average molecular weight is 517 g/mol. The number of ketones is 1. The molecule has 1 aromatic heterocycles. The van der Waals surface area contributed by atoms with E-state index in [1.807, 2.05) is 64.1 Å². The van der Waals surface area contributed by atoms with E-state index < -0.39 is 18.2 Å². The van der Waals surface area contributed by atoms with E-state index in [0.29, 0.717) is 24.3 Å². The Hall–Kier alpha value is -2.74. The molecule has 0 saturated carbocycles. The average Bonchev–Trinajstić information content (AvgIpc) is 3.35. The molecule has 2 N–H and O–H groups in total. The lowest BCUT2D eigenvalue weighted by Crippen LogP contribution is -2.54. The lowest BCUT2D eigenvalue weighted by Gasteiger charge is -2.25. The molecule has 8 heteroatoms. The molecular weight excluding hydrogens is 476 g/mol. The first kappa shape index (κ1) is 29.5. The number of amides is 2. The standard InChI is InChI=1S/C28H40N2O5S/c1-6-7-13-23(25(31)18-36-17-22-12-10-15-34-22)29-28(33)24(16-19(2)3)30-27(32)21(5)35-26-14-9-8-11-20(26)4/h8-12,14-15,19,21,23-24H,6-7,13,16-18H2,1-5H3,(H,29,33)(H,30,32)/t21?,23-,24-/m0/s1. The number of para-hydroxylation sites is 1. The van der Waals surface area contributed by atoms with E-state index in [9.17, 15) is 14.4 Å². The Morgan fingerprint density at radius 1 is 1.00 bits per heavy atom. The van der Waals surface area contributed by atoms with E-state index in [1.54, 1.807) is 13.2 Å². The van der Waals surface area contributed by atoms with Crippen LogP contribution in [0.25, 0.3) is 0 Å². The van der Waals surface area contributed by atoms with Crippen molar-refractivity contribution in [2.45, 2.75) is 84.2 Å².